The van der Waals surface area contributed by atoms with Crippen LogP contribution in [0.5, 0.6) is 0 Å². The molecule has 0 radical (unpaired) electrons. The van der Waals surface area contributed by atoms with Crippen LogP contribution in [0.4, 0.5) is 0 Å². The summed E-state index contributed by atoms with van der Waals surface area (Å²) in [6.07, 6.45) is 7.06. The van der Waals surface area contributed by atoms with Crippen LogP contribution < -0.4 is 0 Å². The van der Waals surface area contributed by atoms with Gasteiger partial charge in [0.2, 0.25) is 0 Å². The molecule has 4 aromatic heterocycles. The molecular weight excluding hydrogens is 923 g/mol. The highest BCUT2D eigenvalue weighted by atomic mass is 79.9. The molecule has 8 heterocycles. The quantitative estimate of drug-likeness (QED) is 0.0938. The number of aromatic nitrogens is 1. The minimum atomic E-state index is -0.710. The van der Waals surface area contributed by atoms with Crippen LogP contribution in [-0.4, -0.2) is 119 Å². The molecule has 0 bridgehead atoms. The predicted octanol–water partition coefficient (Wildman–Crippen LogP) is 8.50. The number of hydrogen-bond acceptors (Lipinski definition) is 13. The molecule has 4 aliphatic heterocycles. The van der Waals surface area contributed by atoms with Crippen molar-refractivity contribution < 1.29 is 39.6 Å². The van der Waals surface area contributed by atoms with Gasteiger partial charge in [0.15, 0.2) is 0 Å². The smallest absolute Gasteiger partial charge is 0.320 e. The van der Waals surface area contributed by atoms with Crippen molar-refractivity contribution >= 4 is 95.2 Å². The topological polar surface area (TPSA) is 175 Å². The molecule has 4 N–H and O–H groups in total. The maximum atomic E-state index is 11.2. The molecule has 9 rings (SSSR count). The Labute approximate surface area is 380 Å². The van der Waals surface area contributed by atoms with Crippen LogP contribution in [0.25, 0.3) is 10.1 Å². The minimum absolute atomic E-state index is 0.267. The summed E-state index contributed by atoms with van der Waals surface area (Å²) in [7, 11) is 0. The van der Waals surface area contributed by atoms with Gasteiger partial charge in [0, 0.05) is 46.0 Å². The standard InChI is InChI=1S/C14H15NO2S.C10H12BrNO2S.C10H13NO2S.C9H12N2O2S/c16-14(17)12-5-3-7-15(12)8-10-9-18-13-6-2-1-4-11(10)13;11-9-4-3-7(15-9)6-12-5-1-2-8(12)10(13)14;12-10(13)9-4-1-5-11(9)7-8-3-2-6-14-8;12-9(13)8-2-1-3-11(8)4-7-5-14-6-10-7/h1-2,4,6,9,12H,3,5,7-8H2,(H,16,17);3-4,8H,1-2,5-6H2,(H,13,14);2-3,6,9H,1,4-5,7H2,(H,12,13);5-6,8H,1-4H2,(H,12,13)/t12-;8-;9-;8-/m0000/s1. The van der Waals surface area contributed by atoms with E-state index in [2.05, 4.69) is 49.4 Å². The Morgan fingerprint density at radius 3 is 1.61 bits per heavy atom. The number of carboxylic acids is 4. The maximum absolute atomic E-state index is 11.2. The van der Waals surface area contributed by atoms with Crippen molar-refractivity contribution in [1.82, 2.24) is 24.6 Å². The molecular formula is C43H52BrN5O8S4. The Morgan fingerprint density at radius 2 is 1.13 bits per heavy atom. The van der Waals surface area contributed by atoms with Gasteiger partial charge in [-0.15, -0.1) is 45.3 Å². The second-order valence-corrected chi connectivity index (χ2v) is 20.6. The Balaban J connectivity index is 0.000000137. The van der Waals surface area contributed by atoms with E-state index in [0.29, 0.717) is 6.54 Å². The lowest BCUT2D eigenvalue weighted by atomic mass is 10.1. The van der Waals surface area contributed by atoms with Gasteiger partial charge in [-0.1, -0.05) is 24.3 Å². The molecule has 5 aromatic rings. The van der Waals surface area contributed by atoms with Gasteiger partial charge in [-0.05, 0) is 139 Å². The lowest BCUT2D eigenvalue weighted by Gasteiger charge is -2.20. The average molecular weight is 975 g/mol. The number of aliphatic carboxylic acids is 4. The van der Waals surface area contributed by atoms with Gasteiger partial charge in [0.05, 0.1) is 15.0 Å². The third kappa shape index (κ3) is 13.5. The fraction of sp³-hybridized carbons (Fsp3) is 0.465. The summed E-state index contributed by atoms with van der Waals surface area (Å²) in [4.78, 5) is 58.7. The molecule has 4 fully saturated rings. The molecule has 0 spiro atoms. The van der Waals surface area contributed by atoms with Crippen LogP contribution in [-0.2, 0) is 45.4 Å². The summed E-state index contributed by atoms with van der Waals surface area (Å²) in [5.41, 5.74) is 4.01. The number of carbonyl (C=O) groups is 4. The second kappa shape index (κ2) is 23.2. The van der Waals surface area contributed by atoms with Gasteiger partial charge in [0.1, 0.15) is 24.2 Å². The molecule has 4 atom stereocenters. The van der Waals surface area contributed by atoms with Crippen molar-refractivity contribution in [2.45, 2.75) is 102 Å². The van der Waals surface area contributed by atoms with E-state index >= 15 is 0 Å². The van der Waals surface area contributed by atoms with E-state index in [4.69, 9.17) is 15.3 Å². The predicted molar refractivity (Wildman–Crippen MR) is 245 cm³/mol. The van der Waals surface area contributed by atoms with Crippen LogP contribution >= 0.6 is 61.3 Å². The first kappa shape index (κ1) is 46.9. The van der Waals surface area contributed by atoms with Crippen LogP contribution in [0.15, 0.2) is 74.0 Å². The number of nitrogens with zero attached hydrogens (tertiary/aromatic N) is 5. The molecule has 13 nitrogen and oxygen atoms in total. The van der Waals surface area contributed by atoms with E-state index in [-0.39, 0.29) is 24.2 Å². The first-order valence-corrected chi connectivity index (χ1v) is 24.7. The van der Waals surface area contributed by atoms with Crippen LogP contribution in [0.1, 0.15) is 72.4 Å². The molecule has 4 aliphatic rings. The maximum Gasteiger partial charge on any atom is 0.320 e. The van der Waals surface area contributed by atoms with Crippen molar-refractivity contribution in [3.63, 3.8) is 0 Å². The first-order valence-electron chi connectivity index (χ1n) is 20.4. The van der Waals surface area contributed by atoms with Crippen molar-refractivity contribution in [3.8, 4) is 0 Å². The average Bonchev–Trinajstić information content (AvgIpc) is 4.09. The number of likely N-dealkylation sites (tertiary alicyclic amines) is 4. The molecule has 328 valence electrons. The Morgan fingerprint density at radius 1 is 0.607 bits per heavy atom. The molecule has 0 aliphatic carbocycles. The van der Waals surface area contributed by atoms with Gasteiger partial charge in [-0.25, -0.2) is 4.98 Å². The fourth-order valence-electron chi connectivity index (χ4n) is 8.32. The molecule has 0 amide bonds. The zero-order valence-electron chi connectivity index (χ0n) is 33.7. The van der Waals surface area contributed by atoms with Crippen LogP contribution in [0.3, 0.4) is 0 Å². The monoisotopic (exact) mass is 973 g/mol. The van der Waals surface area contributed by atoms with Crippen molar-refractivity contribution in [2.24, 2.45) is 0 Å². The lowest BCUT2D eigenvalue weighted by molar-refractivity contribution is -0.143. The highest BCUT2D eigenvalue weighted by molar-refractivity contribution is 9.11. The van der Waals surface area contributed by atoms with Gasteiger partial charge in [-0.3, -0.25) is 38.8 Å². The SMILES string of the molecule is O=C(O)[C@@H]1CCCN1Cc1ccc(Br)s1.O=C(O)[C@@H]1CCCN1Cc1cccs1.O=C(O)[C@@H]1CCCN1Cc1csc2ccccc12.O=C(O)[C@@H]1CCCN1Cc1cscn1. The van der Waals surface area contributed by atoms with E-state index in [1.54, 1.807) is 50.9 Å². The van der Waals surface area contributed by atoms with Gasteiger partial charge >= 0.3 is 23.9 Å². The van der Waals surface area contributed by atoms with E-state index in [1.165, 1.54) is 25.4 Å². The van der Waals surface area contributed by atoms with E-state index in [1.807, 2.05) is 55.8 Å². The number of thiazole rings is 1. The zero-order chi connectivity index (χ0) is 43.3. The van der Waals surface area contributed by atoms with Crippen molar-refractivity contribution in [1.29, 1.82) is 0 Å². The summed E-state index contributed by atoms with van der Waals surface area (Å²) in [5.74, 6) is -2.77. The molecule has 0 saturated carbocycles. The van der Waals surface area contributed by atoms with Crippen molar-refractivity contribution in [2.75, 3.05) is 26.2 Å². The number of benzene rings is 1. The minimum Gasteiger partial charge on any atom is -0.480 e. The zero-order valence-corrected chi connectivity index (χ0v) is 38.6. The Bertz CT molecular complexity index is 2100. The number of halogens is 1. The first-order chi connectivity index (χ1) is 29.5. The van der Waals surface area contributed by atoms with Gasteiger partial charge < -0.3 is 20.4 Å². The normalized spacial score (nSPS) is 21.9. The summed E-state index contributed by atoms with van der Waals surface area (Å²) in [6, 6.07) is 15.3. The van der Waals surface area contributed by atoms with Crippen molar-refractivity contribution in [3.05, 3.63) is 95.0 Å². The van der Waals surface area contributed by atoms with E-state index in [0.717, 1.165) is 107 Å². The summed E-state index contributed by atoms with van der Waals surface area (Å²) in [6.45, 7) is 6.53. The van der Waals surface area contributed by atoms with Gasteiger partial charge in [-0.2, -0.15) is 0 Å². The largest absolute Gasteiger partial charge is 0.480 e. The third-order valence-corrected chi connectivity index (χ3v) is 15.4. The molecule has 1 aromatic carbocycles. The number of carboxylic acid groups (broad SMARTS) is 4. The van der Waals surface area contributed by atoms with E-state index in [9.17, 15) is 24.3 Å². The summed E-state index contributed by atoms with van der Waals surface area (Å²) < 4.78 is 2.38. The van der Waals surface area contributed by atoms with Crippen LogP contribution in [0, 0.1) is 0 Å². The molecule has 18 heteroatoms. The number of thiophene rings is 3. The Hall–Kier alpha value is -3.59. The number of rotatable bonds is 12. The third-order valence-electron chi connectivity index (χ3n) is 11.3. The molecule has 4 saturated heterocycles. The highest BCUT2D eigenvalue weighted by Gasteiger charge is 2.33. The number of fused-ring (bicyclic) bond motifs is 1. The fourth-order valence-corrected chi connectivity index (χ4v) is 12.1. The molecule has 0 unspecified atom stereocenters. The lowest BCUT2D eigenvalue weighted by Crippen LogP contribution is -2.35. The second-order valence-electron chi connectivity index (χ2n) is 15.4. The molecule has 61 heavy (non-hydrogen) atoms. The Kier molecular flexibility index (Phi) is 17.8. The number of hydrogen-bond donors (Lipinski definition) is 4. The van der Waals surface area contributed by atoms with E-state index < -0.39 is 23.9 Å². The summed E-state index contributed by atoms with van der Waals surface area (Å²) >= 11 is 10.0. The van der Waals surface area contributed by atoms with Crippen LogP contribution in [0.2, 0.25) is 0 Å². The summed E-state index contributed by atoms with van der Waals surface area (Å²) in [5, 5.41) is 43.5. The van der Waals surface area contributed by atoms with Gasteiger partial charge in [0.25, 0.3) is 0 Å². The highest BCUT2D eigenvalue weighted by Crippen LogP contribution is 2.30.